The molecule has 0 radical (unpaired) electrons. The lowest BCUT2D eigenvalue weighted by molar-refractivity contribution is 0.205. The number of rotatable bonds is 4. The Morgan fingerprint density at radius 2 is 1.90 bits per heavy atom. The highest BCUT2D eigenvalue weighted by Crippen LogP contribution is 2.41. The number of aromatic nitrogens is 3. The molecule has 5 nitrogen and oxygen atoms in total. The third-order valence-electron chi connectivity index (χ3n) is 5.52. The van der Waals surface area contributed by atoms with E-state index in [1.807, 2.05) is 6.92 Å². The van der Waals surface area contributed by atoms with E-state index in [-0.39, 0.29) is 17.7 Å². The molecule has 2 aromatic carbocycles. The largest absolute Gasteiger partial charge is 0.492 e. The van der Waals surface area contributed by atoms with Crippen LogP contribution >= 0.6 is 11.3 Å². The highest BCUT2D eigenvalue weighted by Gasteiger charge is 2.31. The maximum atomic E-state index is 13.6. The predicted octanol–water partition coefficient (Wildman–Crippen LogP) is 4.35. The van der Waals surface area contributed by atoms with Crippen LogP contribution in [0, 0.1) is 5.82 Å². The number of benzene rings is 2. The van der Waals surface area contributed by atoms with Crippen molar-refractivity contribution in [3.63, 3.8) is 0 Å². The Morgan fingerprint density at radius 1 is 1.14 bits per heavy atom. The van der Waals surface area contributed by atoms with Crippen LogP contribution in [0.25, 0.3) is 4.96 Å². The molecule has 1 N–H and O–H groups in total. The molecule has 0 amide bonds. The Hall–Kier alpha value is -2.77. The van der Waals surface area contributed by atoms with Gasteiger partial charge in [0.15, 0.2) is 5.82 Å². The summed E-state index contributed by atoms with van der Waals surface area (Å²) in [7, 11) is 0. The molecule has 148 valence electrons. The molecule has 3 heterocycles. The van der Waals surface area contributed by atoms with E-state index < -0.39 is 0 Å². The van der Waals surface area contributed by atoms with Gasteiger partial charge in [0.25, 0.3) is 0 Å². The molecule has 7 heteroatoms. The molecular formula is C22H21FN4OS. The molecule has 5 rings (SSSR count). The quantitative estimate of drug-likeness (QED) is 0.546. The van der Waals surface area contributed by atoms with Crippen molar-refractivity contribution in [3.8, 4) is 5.88 Å². The molecule has 1 aliphatic heterocycles. The molecule has 0 saturated carbocycles. The number of halogens is 1. The van der Waals surface area contributed by atoms with Gasteiger partial charge in [0.05, 0.1) is 10.9 Å². The number of hydrogen-bond acceptors (Lipinski definition) is 5. The van der Waals surface area contributed by atoms with Gasteiger partial charge in [-0.3, -0.25) is 4.90 Å². The maximum absolute atomic E-state index is 13.6. The summed E-state index contributed by atoms with van der Waals surface area (Å²) in [5.41, 5.74) is 3.60. The van der Waals surface area contributed by atoms with Gasteiger partial charge in [-0.25, -0.2) is 9.37 Å². The average Bonchev–Trinajstić information content (AvgIpc) is 3.29. The molecule has 4 aromatic rings. The lowest BCUT2D eigenvalue weighted by Gasteiger charge is -2.35. The Balaban J connectivity index is 1.61. The monoisotopic (exact) mass is 408 g/mol. The number of hydrogen-bond donors (Lipinski definition) is 1. The molecule has 1 aliphatic rings. The van der Waals surface area contributed by atoms with Crippen LogP contribution in [0.3, 0.4) is 0 Å². The second-order valence-corrected chi connectivity index (χ2v) is 8.32. The zero-order valence-corrected chi connectivity index (χ0v) is 16.9. The van der Waals surface area contributed by atoms with Crippen LogP contribution in [0.5, 0.6) is 5.88 Å². The summed E-state index contributed by atoms with van der Waals surface area (Å²) in [4.78, 5) is 8.32. The zero-order valence-electron chi connectivity index (χ0n) is 16.0. The summed E-state index contributed by atoms with van der Waals surface area (Å²) in [6.45, 7) is 3.61. The minimum absolute atomic E-state index is 0.116. The molecule has 0 aliphatic carbocycles. The fourth-order valence-corrected chi connectivity index (χ4v) is 5.17. The first-order valence-corrected chi connectivity index (χ1v) is 10.6. The van der Waals surface area contributed by atoms with Crippen molar-refractivity contribution in [1.82, 2.24) is 19.5 Å². The molecule has 0 fully saturated rings. The number of aromatic hydroxyl groups is 1. The van der Waals surface area contributed by atoms with Gasteiger partial charge < -0.3 is 5.11 Å². The van der Waals surface area contributed by atoms with E-state index in [1.54, 1.807) is 12.1 Å². The van der Waals surface area contributed by atoms with Crippen LogP contribution in [0.2, 0.25) is 0 Å². The number of nitrogens with zero attached hydrogens (tertiary/aromatic N) is 4. The van der Waals surface area contributed by atoms with E-state index in [4.69, 9.17) is 0 Å². The fraction of sp³-hybridized carbons (Fsp3) is 0.273. The normalized spacial score (nSPS) is 15.5. The van der Waals surface area contributed by atoms with E-state index in [1.165, 1.54) is 39.1 Å². The molecule has 0 saturated heterocycles. The van der Waals surface area contributed by atoms with Crippen LogP contribution in [-0.2, 0) is 19.4 Å². The molecule has 0 bridgehead atoms. The summed E-state index contributed by atoms with van der Waals surface area (Å²) >= 11 is 1.45. The van der Waals surface area contributed by atoms with E-state index >= 15 is 0 Å². The lowest BCUT2D eigenvalue weighted by Crippen LogP contribution is -2.34. The minimum atomic E-state index is -0.268. The topological polar surface area (TPSA) is 53.7 Å². The molecule has 1 atom stereocenters. The SMILES string of the molecule is CCc1nc2sc([C@@H](c3ccc(F)cc3)N3CCc4ccccc4C3)c(O)n2n1. The van der Waals surface area contributed by atoms with Gasteiger partial charge in [-0.05, 0) is 35.2 Å². The summed E-state index contributed by atoms with van der Waals surface area (Å²) in [5, 5.41) is 15.4. The molecule has 29 heavy (non-hydrogen) atoms. The van der Waals surface area contributed by atoms with Crippen LogP contribution in [-0.4, -0.2) is 31.1 Å². The van der Waals surface area contributed by atoms with Crippen LogP contribution < -0.4 is 0 Å². The van der Waals surface area contributed by atoms with E-state index in [9.17, 15) is 9.50 Å². The van der Waals surface area contributed by atoms with Crippen molar-refractivity contribution >= 4 is 16.3 Å². The first-order valence-electron chi connectivity index (χ1n) is 9.77. The van der Waals surface area contributed by atoms with E-state index in [0.717, 1.165) is 30.0 Å². The first-order chi connectivity index (χ1) is 14.1. The average molecular weight is 409 g/mol. The van der Waals surface area contributed by atoms with Crippen molar-refractivity contribution in [2.75, 3.05) is 6.54 Å². The van der Waals surface area contributed by atoms with Gasteiger partial charge >= 0.3 is 0 Å². The second-order valence-electron chi connectivity index (χ2n) is 7.31. The van der Waals surface area contributed by atoms with Crippen LogP contribution in [0.4, 0.5) is 4.39 Å². The van der Waals surface area contributed by atoms with Gasteiger partial charge in [0.2, 0.25) is 10.8 Å². The molecular weight excluding hydrogens is 387 g/mol. The standard InChI is InChI=1S/C22H21FN4OS/c1-2-18-24-22-27(25-18)21(28)20(29-22)19(15-7-9-17(23)10-8-15)26-12-11-14-5-3-4-6-16(14)13-26/h3-10,19,28H,2,11-13H2,1H3/t19-/m1/s1. The number of aryl methyl sites for hydroxylation is 1. The van der Waals surface area contributed by atoms with Crippen molar-refractivity contribution in [3.05, 3.63) is 81.7 Å². The fourth-order valence-electron chi connectivity index (χ4n) is 4.03. The van der Waals surface area contributed by atoms with Crippen molar-refractivity contribution in [1.29, 1.82) is 0 Å². The highest BCUT2D eigenvalue weighted by molar-refractivity contribution is 7.17. The number of fused-ring (bicyclic) bond motifs is 2. The van der Waals surface area contributed by atoms with Gasteiger partial charge in [0, 0.05) is 19.5 Å². The smallest absolute Gasteiger partial charge is 0.230 e. The third-order valence-corrected chi connectivity index (χ3v) is 6.59. The number of thiazole rings is 1. The van der Waals surface area contributed by atoms with Crippen molar-refractivity contribution in [2.24, 2.45) is 0 Å². The summed E-state index contributed by atoms with van der Waals surface area (Å²) in [6, 6.07) is 14.8. The Morgan fingerprint density at radius 3 is 2.62 bits per heavy atom. The summed E-state index contributed by atoms with van der Waals surface area (Å²) < 4.78 is 15.1. The Bertz CT molecular complexity index is 1170. The Kier molecular flexibility index (Phi) is 4.56. The third kappa shape index (κ3) is 3.20. The van der Waals surface area contributed by atoms with E-state index in [0.29, 0.717) is 17.2 Å². The molecule has 0 spiro atoms. The van der Waals surface area contributed by atoms with Crippen LogP contribution in [0.1, 0.15) is 40.4 Å². The van der Waals surface area contributed by atoms with Gasteiger partial charge in [0.1, 0.15) is 5.82 Å². The summed E-state index contributed by atoms with van der Waals surface area (Å²) in [5.74, 6) is 0.560. The predicted molar refractivity (Wildman–Crippen MR) is 111 cm³/mol. The lowest BCUT2D eigenvalue weighted by atomic mass is 9.96. The van der Waals surface area contributed by atoms with Crippen LogP contribution in [0.15, 0.2) is 48.5 Å². The van der Waals surface area contributed by atoms with Gasteiger partial charge in [-0.15, -0.1) is 5.10 Å². The van der Waals surface area contributed by atoms with Gasteiger partial charge in [-0.2, -0.15) is 4.52 Å². The van der Waals surface area contributed by atoms with E-state index in [2.05, 4.69) is 39.2 Å². The zero-order chi connectivity index (χ0) is 20.0. The minimum Gasteiger partial charge on any atom is -0.492 e. The molecule has 2 aromatic heterocycles. The van der Waals surface area contributed by atoms with Gasteiger partial charge in [-0.1, -0.05) is 54.7 Å². The highest BCUT2D eigenvalue weighted by atomic mass is 32.1. The molecule has 0 unspecified atom stereocenters. The van der Waals surface area contributed by atoms with Crippen molar-refractivity contribution in [2.45, 2.75) is 32.4 Å². The Labute approximate surface area is 172 Å². The summed E-state index contributed by atoms with van der Waals surface area (Å²) in [6.07, 6.45) is 1.66. The second kappa shape index (κ2) is 7.24. The maximum Gasteiger partial charge on any atom is 0.230 e. The van der Waals surface area contributed by atoms with Crippen molar-refractivity contribution < 1.29 is 9.50 Å². The first kappa shape index (κ1) is 18.3.